The van der Waals surface area contributed by atoms with Gasteiger partial charge in [-0.3, -0.25) is 0 Å². The Kier molecular flexibility index (Phi) is 6.96. The number of nitrogens with zero attached hydrogens (tertiary/aromatic N) is 1. The van der Waals surface area contributed by atoms with Crippen LogP contribution in [0.25, 0.3) is 0 Å². The third-order valence-corrected chi connectivity index (χ3v) is 5.39. The molecule has 2 aliphatic rings. The van der Waals surface area contributed by atoms with E-state index in [1.165, 1.54) is 32.1 Å². The molecule has 2 N–H and O–H groups in total. The second-order valence-electron chi connectivity index (χ2n) is 7.12. The summed E-state index contributed by atoms with van der Waals surface area (Å²) >= 11 is 0. The van der Waals surface area contributed by atoms with E-state index in [0.717, 1.165) is 32.4 Å². The molecule has 2 rings (SSSR count). The Balaban J connectivity index is 1.80. The van der Waals surface area contributed by atoms with Gasteiger partial charge in [-0.15, -0.1) is 0 Å². The lowest BCUT2D eigenvalue weighted by Gasteiger charge is -2.42. The average Bonchev–Trinajstić information content (AvgIpc) is 2.59. The molecule has 1 aliphatic carbocycles. The van der Waals surface area contributed by atoms with Crippen LogP contribution in [0.15, 0.2) is 0 Å². The van der Waals surface area contributed by atoms with E-state index >= 15 is 0 Å². The molecule has 5 nitrogen and oxygen atoms in total. The number of urea groups is 1. The third kappa shape index (κ3) is 4.85. The summed E-state index contributed by atoms with van der Waals surface area (Å²) in [4.78, 5) is 14.3. The summed E-state index contributed by atoms with van der Waals surface area (Å²) in [7, 11) is 1.68. The van der Waals surface area contributed by atoms with Crippen LogP contribution in [0.2, 0.25) is 0 Å². The highest BCUT2D eigenvalue weighted by molar-refractivity contribution is 5.74. The van der Waals surface area contributed by atoms with Gasteiger partial charge in [-0.25, -0.2) is 4.79 Å². The second kappa shape index (κ2) is 8.73. The number of hydrogen-bond acceptors (Lipinski definition) is 3. The van der Waals surface area contributed by atoms with Gasteiger partial charge in [0.05, 0.1) is 6.61 Å². The van der Waals surface area contributed by atoms with Crippen molar-refractivity contribution in [1.82, 2.24) is 10.2 Å². The van der Waals surface area contributed by atoms with Crippen molar-refractivity contribution in [1.29, 1.82) is 0 Å². The van der Waals surface area contributed by atoms with Gasteiger partial charge in [-0.1, -0.05) is 19.3 Å². The molecule has 0 aromatic carbocycles. The van der Waals surface area contributed by atoms with E-state index in [0.29, 0.717) is 19.1 Å². The van der Waals surface area contributed by atoms with Crippen molar-refractivity contribution in [2.75, 3.05) is 40.0 Å². The van der Waals surface area contributed by atoms with E-state index < -0.39 is 0 Å². The number of carbonyl (C=O) groups excluding carboxylic acids is 1. The fourth-order valence-electron chi connectivity index (χ4n) is 3.85. The van der Waals surface area contributed by atoms with Crippen LogP contribution in [-0.4, -0.2) is 56.0 Å². The zero-order valence-electron chi connectivity index (χ0n) is 14.0. The Morgan fingerprint density at radius 2 is 2.09 bits per heavy atom. The highest BCUT2D eigenvalue weighted by atomic mass is 16.5. The largest absolute Gasteiger partial charge is 0.396 e. The lowest BCUT2D eigenvalue weighted by atomic mass is 9.78. The van der Waals surface area contributed by atoms with Crippen molar-refractivity contribution >= 4 is 6.03 Å². The first-order valence-electron chi connectivity index (χ1n) is 8.82. The number of rotatable bonds is 6. The highest BCUT2D eigenvalue weighted by Gasteiger charge is 2.36. The summed E-state index contributed by atoms with van der Waals surface area (Å²) in [5.41, 5.74) is -0.184. The monoisotopic (exact) mass is 312 g/mol. The molecule has 0 unspecified atom stereocenters. The number of likely N-dealkylation sites (tertiary alicyclic amines) is 1. The van der Waals surface area contributed by atoms with Crippen LogP contribution in [0, 0.1) is 11.3 Å². The molecule has 1 heterocycles. The summed E-state index contributed by atoms with van der Waals surface area (Å²) in [6, 6.07) is 0.0421. The number of amides is 2. The smallest absolute Gasteiger partial charge is 0.317 e. The Bertz CT molecular complexity index is 345. The first-order chi connectivity index (χ1) is 10.7. The van der Waals surface area contributed by atoms with E-state index in [1.54, 1.807) is 7.11 Å². The molecule has 0 radical (unpaired) electrons. The standard InChI is InChI=1S/C17H32N2O3/c1-22-11-9-17(14-20)8-5-10-19(13-17)16(21)18-12-15-6-3-2-4-7-15/h15,20H,2-14H2,1H3,(H,18,21)/t17-/m0/s1. The fourth-order valence-corrected chi connectivity index (χ4v) is 3.85. The van der Waals surface area contributed by atoms with Crippen LogP contribution >= 0.6 is 0 Å². The molecule has 0 spiro atoms. The van der Waals surface area contributed by atoms with Crippen LogP contribution < -0.4 is 5.32 Å². The second-order valence-corrected chi connectivity index (χ2v) is 7.12. The molecule has 128 valence electrons. The van der Waals surface area contributed by atoms with Crippen LogP contribution in [0.3, 0.4) is 0 Å². The fraction of sp³-hybridized carbons (Fsp3) is 0.941. The number of ether oxygens (including phenoxy) is 1. The first-order valence-corrected chi connectivity index (χ1v) is 8.82. The van der Waals surface area contributed by atoms with E-state index in [4.69, 9.17) is 4.74 Å². The SMILES string of the molecule is COCC[C@@]1(CO)CCCN(C(=O)NCC2CCCCC2)C1. The summed E-state index contributed by atoms with van der Waals surface area (Å²) in [6.45, 7) is 3.01. The van der Waals surface area contributed by atoms with Crippen molar-refractivity contribution in [3.05, 3.63) is 0 Å². The van der Waals surface area contributed by atoms with Gasteiger partial charge in [0.25, 0.3) is 0 Å². The van der Waals surface area contributed by atoms with Gasteiger partial charge < -0.3 is 20.1 Å². The van der Waals surface area contributed by atoms with Crippen molar-refractivity contribution in [2.24, 2.45) is 11.3 Å². The minimum Gasteiger partial charge on any atom is -0.396 e. The van der Waals surface area contributed by atoms with E-state index in [9.17, 15) is 9.90 Å². The molecule has 2 fully saturated rings. The highest BCUT2D eigenvalue weighted by Crippen LogP contribution is 2.33. The lowest BCUT2D eigenvalue weighted by molar-refractivity contribution is 0.0199. The van der Waals surface area contributed by atoms with Gasteiger partial charge in [-0.05, 0) is 38.0 Å². The van der Waals surface area contributed by atoms with Crippen LogP contribution in [0.5, 0.6) is 0 Å². The molecule has 0 aromatic rings. The maximum atomic E-state index is 12.4. The average molecular weight is 312 g/mol. The molecular formula is C17H32N2O3. The van der Waals surface area contributed by atoms with Crippen molar-refractivity contribution in [3.63, 3.8) is 0 Å². The number of carbonyl (C=O) groups is 1. The Morgan fingerprint density at radius 3 is 2.77 bits per heavy atom. The maximum Gasteiger partial charge on any atom is 0.317 e. The quantitative estimate of drug-likeness (QED) is 0.791. The van der Waals surface area contributed by atoms with Gasteiger partial charge in [0, 0.05) is 38.8 Å². The van der Waals surface area contributed by atoms with Gasteiger partial charge in [0.15, 0.2) is 0 Å². The number of piperidine rings is 1. The number of methoxy groups -OCH3 is 1. The lowest BCUT2D eigenvalue weighted by Crippen LogP contribution is -2.52. The summed E-state index contributed by atoms with van der Waals surface area (Å²) < 4.78 is 5.16. The predicted octanol–water partition coefficient (Wildman–Crippen LogP) is 2.39. The summed E-state index contributed by atoms with van der Waals surface area (Å²) in [5.74, 6) is 0.651. The number of aliphatic hydroxyl groups is 1. The molecule has 0 aromatic heterocycles. The molecular weight excluding hydrogens is 280 g/mol. The molecule has 1 aliphatic heterocycles. The van der Waals surface area contributed by atoms with Gasteiger partial charge in [-0.2, -0.15) is 0 Å². The molecule has 22 heavy (non-hydrogen) atoms. The molecule has 5 heteroatoms. The Hall–Kier alpha value is -0.810. The van der Waals surface area contributed by atoms with Crippen molar-refractivity contribution < 1.29 is 14.6 Å². The van der Waals surface area contributed by atoms with E-state index in [1.807, 2.05) is 4.90 Å². The Morgan fingerprint density at radius 1 is 1.32 bits per heavy atom. The molecule has 1 saturated carbocycles. The normalized spacial score (nSPS) is 26.9. The summed E-state index contributed by atoms with van der Waals surface area (Å²) in [5, 5.41) is 12.9. The topological polar surface area (TPSA) is 61.8 Å². The van der Waals surface area contributed by atoms with Crippen molar-refractivity contribution in [2.45, 2.75) is 51.4 Å². The maximum absolute atomic E-state index is 12.4. The zero-order chi connectivity index (χ0) is 15.8. The minimum atomic E-state index is -0.184. The molecule has 1 atom stereocenters. The van der Waals surface area contributed by atoms with Crippen molar-refractivity contribution in [3.8, 4) is 0 Å². The molecule has 0 bridgehead atoms. The first kappa shape index (κ1) is 17.5. The number of aliphatic hydroxyl groups excluding tert-OH is 1. The van der Waals surface area contributed by atoms with Gasteiger partial charge in [0.2, 0.25) is 0 Å². The van der Waals surface area contributed by atoms with E-state index in [2.05, 4.69) is 5.32 Å². The van der Waals surface area contributed by atoms with E-state index in [-0.39, 0.29) is 18.1 Å². The minimum absolute atomic E-state index is 0.0421. The molecule has 2 amide bonds. The Labute approximate surface area is 134 Å². The zero-order valence-corrected chi connectivity index (χ0v) is 14.0. The predicted molar refractivity (Wildman–Crippen MR) is 86.8 cm³/mol. The van der Waals surface area contributed by atoms with Crippen LogP contribution in [0.4, 0.5) is 4.79 Å². The van der Waals surface area contributed by atoms with Crippen LogP contribution in [-0.2, 0) is 4.74 Å². The molecule has 1 saturated heterocycles. The number of hydrogen-bond donors (Lipinski definition) is 2. The third-order valence-electron chi connectivity index (χ3n) is 5.39. The van der Waals surface area contributed by atoms with Crippen LogP contribution in [0.1, 0.15) is 51.4 Å². The van der Waals surface area contributed by atoms with Gasteiger partial charge in [0.1, 0.15) is 0 Å². The summed E-state index contributed by atoms with van der Waals surface area (Å²) in [6.07, 6.45) is 9.18. The number of nitrogens with one attached hydrogen (secondary N) is 1. The van der Waals surface area contributed by atoms with Gasteiger partial charge >= 0.3 is 6.03 Å².